The van der Waals surface area contributed by atoms with E-state index < -0.39 is 7.42 Å². The van der Waals surface area contributed by atoms with Crippen LogP contribution in [0.4, 0.5) is 0 Å². The molecule has 0 bridgehead atoms. The standard InChI is InChI=1S/C4H9Cl3Si/c1-4(2-3-5)8(6)7/h4,8H,2-3H2,1H3. The third-order valence-corrected chi connectivity index (χ3v) is 4.99. The quantitative estimate of drug-likeness (QED) is 0.366. The van der Waals surface area contributed by atoms with Crippen LogP contribution in [0, 0.1) is 0 Å². The highest BCUT2D eigenvalue weighted by Gasteiger charge is 2.11. The lowest BCUT2D eigenvalue weighted by atomic mass is 10.4. The van der Waals surface area contributed by atoms with Gasteiger partial charge in [-0.25, -0.2) is 0 Å². The molecule has 0 rings (SSSR count). The van der Waals surface area contributed by atoms with Crippen LogP contribution in [-0.4, -0.2) is 13.3 Å². The summed E-state index contributed by atoms with van der Waals surface area (Å²) in [6.07, 6.45) is 0.950. The summed E-state index contributed by atoms with van der Waals surface area (Å²) in [5.74, 6) is 0.671. The Kier molecular flexibility index (Phi) is 5.59. The Morgan fingerprint density at radius 3 is 2.12 bits per heavy atom. The predicted octanol–water partition coefficient (Wildman–Crippen LogP) is 2.70. The van der Waals surface area contributed by atoms with Crippen molar-refractivity contribution >= 4 is 41.2 Å². The summed E-state index contributed by atoms with van der Waals surface area (Å²) in [4.78, 5) is 0. The molecule has 0 nitrogen and oxygen atoms in total. The van der Waals surface area contributed by atoms with Gasteiger partial charge in [0, 0.05) is 5.88 Å². The van der Waals surface area contributed by atoms with Crippen LogP contribution in [0.2, 0.25) is 5.54 Å². The van der Waals surface area contributed by atoms with Crippen molar-refractivity contribution in [3.05, 3.63) is 0 Å². The summed E-state index contributed by atoms with van der Waals surface area (Å²) in [5, 5.41) is 0. The summed E-state index contributed by atoms with van der Waals surface area (Å²) in [7, 11) is -1.42. The second-order valence-electron chi connectivity index (χ2n) is 1.79. The second-order valence-corrected chi connectivity index (χ2v) is 7.47. The molecule has 0 N–H and O–H groups in total. The zero-order chi connectivity index (χ0) is 6.57. The zero-order valence-electron chi connectivity index (χ0n) is 4.70. The largest absolute Gasteiger partial charge is 0.239 e. The topological polar surface area (TPSA) is 0 Å². The smallest absolute Gasteiger partial charge is 0.150 e. The molecule has 0 radical (unpaired) electrons. The van der Waals surface area contributed by atoms with Gasteiger partial charge in [-0.3, -0.25) is 0 Å². The Morgan fingerprint density at radius 1 is 1.50 bits per heavy atom. The molecule has 0 aromatic rings. The number of alkyl halides is 1. The molecule has 0 fully saturated rings. The molecule has 0 saturated heterocycles. The molecule has 0 saturated carbocycles. The highest BCUT2D eigenvalue weighted by molar-refractivity contribution is 7.34. The molecule has 1 atom stereocenters. The van der Waals surface area contributed by atoms with Gasteiger partial charge in [-0.2, -0.15) is 22.2 Å². The minimum atomic E-state index is -1.42. The maximum atomic E-state index is 5.65. The molecule has 0 amide bonds. The number of hydrogen-bond donors (Lipinski definition) is 0. The van der Waals surface area contributed by atoms with Gasteiger partial charge in [-0.05, 0) is 12.0 Å². The molecule has 0 heterocycles. The molecular formula is C4H9Cl3Si. The van der Waals surface area contributed by atoms with E-state index in [0.717, 1.165) is 6.42 Å². The Morgan fingerprint density at radius 2 is 2.00 bits per heavy atom. The van der Waals surface area contributed by atoms with Crippen molar-refractivity contribution in [2.45, 2.75) is 18.9 Å². The van der Waals surface area contributed by atoms with Crippen LogP contribution >= 0.6 is 33.8 Å². The van der Waals surface area contributed by atoms with Gasteiger partial charge < -0.3 is 0 Å². The summed E-state index contributed by atoms with van der Waals surface area (Å²) < 4.78 is 0. The van der Waals surface area contributed by atoms with Gasteiger partial charge >= 0.3 is 0 Å². The summed E-state index contributed by atoms with van der Waals surface area (Å²) in [6.45, 7) is 2.04. The van der Waals surface area contributed by atoms with Crippen LogP contribution in [0.5, 0.6) is 0 Å². The van der Waals surface area contributed by atoms with Gasteiger partial charge in [-0.15, -0.1) is 11.6 Å². The fraction of sp³-hybridized carbons (Fsp3) is 1.00. The van der Waals surface area contributed by atoms with E-state index in [0.29, 0.717) is 11.4 Å². The lowest BCUT2D eigenvalue weighted by Gasteiger charge is -2.05. The van der Waals surface area contributed by atoms with Crippen LogP contribution < -0.4 is 0 Å². The van der Waals surface area contributed by atoms with Crippen molar-refractivity contribution in [3.8, 4) is 0 Å². The molecule has 0 aliphatic heterocycles. The van der Waals surface area contributed by atoms with E-state index >= 15 is 0 Å². The molecule has 0 aromatic heterocycles. The van der Waals surface area contributed by atoms with Crippen LogP contribution in [-0.2, 0) is 0 Å². The van der Waals surface area contributed by atoms with Crippen molar-refractivity contribution in [2.75, 3.05) is 5.88 Å². The average molecular weight is 192 g/mol. The maximum absolute atomic E-state index is 5.65. The highest BCUT2D eigenvalue weighted by Crippen LogP contribution is 2.19. The average Bonchev–Trinajstić information content (AvgIpc) is 1.67. The zero-order valence-corrected chi connectivity index (χ0v) is 8.13. The minimum Gasteiger partial charge on any atom is -0.150 e. The van der Waals surface area contributed by atoms with Gasteiger partial charge in [0.2, 0.25) is 7.42 Å². The predicted molar refractivity (Wildman–Crippen MR) is 43.6 cm³/mol. The summed E-state index contributed by atoms with van der Waals surface area (Å²) in [6, 6.07) is 0. The molecule has 0 aromatic carbocycles. The first-order valence-corrected chi connectivity index (χ1v) is 7.22. The molecule has 0 aliphatic rings. The van der Waals surface area contributed by atoms with E-state index in [1.807, 2.05) is 6.92 Å². The monoisotopic (exact) mass is 190 g/mol. The first-order chi connectivity index (χ1) is 3.68. The second kappa shape index (κ2) is 4.92. The van der Waals surface area contributed by atoms with E-state index in [1.165, 1.54) is 0 Å². The summed E-state index contributed by atoms with van der Waals surface area (Å²) >= 11 is 16.8. The van der Waals surface area contributed by atoms with Crippen LogP contribution in [0.1, 0.15) is 13.3 Å². The molecule has 1 unspecified atom stereocenters. The number of hydrogen-bond acceptors (Lipinski definition) is 0. The first-order valence-electron chi connectivity index (χ1n) is 2.52. The van der Waals surface area contributed by atoms with Gasteiger partial charge in [0.15, 0.2) is 0 Å². The van der Waals surface area contributed by atoms with Gasteiger partial charge in [0.05, 0.1) is 0 Å². The lowest BCUT2D eigenvalue weighted by Crippen LogP contribution is -2.02. The van der Waals surface area contributed by atoms with Crippen LogP contribution in [0.3, 0.4) is 0 Å². The molecule has 0 aliphatic carbocycles. The Balaban J connectivity index is 3.17. The van der Waals surface area contributed by atoms with Gasteiger partial charge in [0.1, 0.15) is 0 Å². The van der Waals surface area contributed by atoms with Crippen molar-refractivity contribution < 1.29 is 0 Å². The van der Waals surface area contributed by atoms with Crippen molar-refractivity contribution in [1.82, 2.24) is 0 Å². The molecule has 0 spiro atoms. The maximum Gasteiger partial charge on any atom is 0.239 e. The first kappa shape index (κ1) is 9.09. The molecular weight excluding hydrogens is 182 g/mol. The number of rotatable bonds is 3. The van der Waals surface area contributed by atoms with E-state index in [2.05, 4.69) is 0 Å². The highest BCUT2D eigenvalue weighted by atomic mass is 35.7. The summed E-state index contributed by atoms with van der Waals surface area (Å²) in [5.41, 5.74) is 0.454. The van der Waals surface area contributed by atoms with Crippen molar-refractivity contribution in [2.24, 2.45) is 0 Å². The Bertz CT molecular complexity index is 57.2. The van der Waals surface area contributed by atoms with Crippen molar-refractivity contribution in [1.29, 1.82) is 0 Å². The Labute approximate surface area is 66.1 Å². The van der Waals surface area contributed by atoms with Crippen molar-refractivity contribution in [3.63, 3.8) is 0 Å². The number of halogens is 3. The minimum absolute atomic E-state index is 0.454. The fourth-order valence-corrected chi connectivity index (χ4v) is 2.03. The third-order valence-electron chi connectivity index (χ3n) is 0.995. The molecule has 8 heavy (non-hydrogen) atoms. The van der Waals surface area contributed by atoms with Gasteiger partial charge in [-0.1, -0.05) is 6.92 Å². The van der Waals surface area contributed by atoms with E-state index in [1.54, 1.807) is 0 Å². The SMILES string of the molecule is CC(CCCl)[SiH](Cl)Cl. The lowest BCUT2D eigenvalue weighted by molar-refractivity contribution is 0.880. The van der Waals surface area contributed by atoms with Crippen LogP contribution in [0.25, 0.3) is 0 Å². The normalized spacial score (nSPS) is 14.6. The molecule has 4 heteroatoms. The fourth-order valence-electron chi connectivity index (χ4n) is 0.298. The van der Waals surface area contributed by atoms with Crippen LogP contribution in [0.15, 0.2) is 0 Å². The van der Waals surface area contributed by atoms with E-state index in [-0.39, 0.29) is 0 Å². The van der Waals surface area contributed by atoms with Gasteiger partial charge in [0.25, 0.3) is 0 Å². The Hall–Kier alpha value is 1.09. The van der Waals surface area contributed by atoms with E-state index in [4.69, 9.17) is 33.8 Å². The van der Waals surface area contributed by atoms with E-state index in [9.17, 15) is 0 Å². The third kappa shape index (κ3) is 4.01. The molecule has 50 valence electrons.